The molecule has 0 N–H and O–H groups in total. The summed E-state index contributed by atoms with van der Waals surface area (Å²) >= 11 is 0. The van der Waals surface area contributed by atoms with Crippen molar-refractivity contribution < 1.29 is 0 Å². The van der Waals surface area contributed by atoms with Crippen LogP contribution < -0.4 is 0 Å². The highest BCUT2D eigenvalue weighted by Gasteiger charge is 2.42. The second-order valence-electron chi connectivity index (χ2n) is 9.23. The molecule has 3 rings (SSSR count). The molecule has 2 heterocycles. The Morgan fingerprint density at radius 2 is 1.41 bits per heavy atom. The molecule has 1 saturated carbocycles. The van der Waals surface area contributed by atoms with E-state index >= 15 is 0 Å². The fraction of sp³-hybridized carbons (Fsp3) is 1.00. The Morgan fingerprint density at radius 3 is 1.91 bits per heavy atom. The van der Waals surface area contributed by atoms with Crippen molar-refractivity contribution in [2.45, 2.75) is 65.8 Å². The molecule has 0 aromatic carbocycles. The number of rotatable bonds is 5. The monoisotopic (exact) mass is 306 g/mol. The Labute approximate surface area is 138 Å². The first kappa shape index (κ1) is 16.8. The third kappa shape index (κ3) is 3.87. The zero-order valence-electron chi connectivity index (χ0n) is 15.4. The molecule has 0 aromatic rings. The topological polar surface area (TPSA) is 6.48 Å². The van der Waals surface area contributed by atoms with Crippen LogP contribution in [0.2, 0.25) is 0 Å². The second kappa shape index (κ2) is 7.21. The molecule has 0 bridgehead atoms. The lowest BCUT2D eigenvalue weighted by molar-refractivity contribution is 0.132. The molecule has 0 amide bonds. The van der Waals surface area contributed by atoms with Crippen molar-refractivity contribution in [3.8, 4) is 0 Å². The minimum Gasteiger partial charge on any atom is -0.303 e. The predicted octanol–water partition coefficient (Wildman–Crippen LogP) is 4.11. The molecule has 2 aliphatic heterocycles. The summed E-state index contributed by atoms with van der Waals surface area (Å²) in [6, 6.07) is 0.921. The third-order valence-electron chi connectivity index (χ3n) is 6.81. The van der Waals surface area contributed by atoms with Crippen LogP contribution in [0.4, 0.5) is 0 Å². The van der Waals surface area contributed by atoms with Crippen LogP contribution in [0.5, 0.6) is 0 Å². The molecule has 22 heavy (non-hydrogen) atoms. The van der Waals surface area contributed by atoms with Crippen molar-refractivity contribution in [1.82, 2.24) is 9.80 Å². The highest BCUT2D eigenvalue weighted by Crippen LogP contribution is 2.37. The van der Waals surface area contributed by atoms with Crippen LogP contribution in [0, 0.1) is 29.6 Å². The molecule has 3 fully saturated rings. The van der Waals surface area contributed by atoms with Gasteiger partial charge in [0.25, 0.3) is 0 Å². The van der Waals surface area contributed by atoms with E-state index < -0.39 is 0 Å². The van der Waals surface area contributed by atoms with Gasteiger partial charge in [-0.25, -0.2) is 0 Å². The summed E-state index contributed by atoms with van der Waals surface area (Å²) in [5.41, 5.74) is 0. The predicted molar refractivity (Wildman–Crippen MR) is 95.0 cm³/mol. The molecule has 0 unspecified atom stereocenters. The van der Waals surface area contributed by atoms with Crippen LogP contribution >= 0.6 is 0 Å². The maximum absolute atomic E-state index is 2.88. The molecule has 1 aliphatic carbocycles. The summed E-state index contributed by atoms with van der Waals surface area (Å²) in [6.07, 6.45) is 7.28. The van der Waals surface area contributed by atoms with E-state index in [-0.39, 0.29) is 0 Å². The summed E-state index contributed by atoms with van der Waals surface area (Å²) in [5, 5.41) is 0. The SMILES string of the molecule is CC(C)CCN1C[C@H]2CN(C3CCC(C(C)C)CC3)C[C@@H]2C1. The zero-order valence-corrected chi connectivity index (χ0v) is 15.4. The fourth-order valence-electron chi connectivity index (χ4n) is 5.18. The van der Waals surface area contributed by atoms with Crippen molar-refractivity contribution in [3.05, 3.63) is 0 Å². The van der Waals surface area contributed by atoms with Gasteiger partial charge >= 0.3 is 0 Å². The van der Waals surface area contributed by atoms with Gasteiger partial charge in [0.1, 0.15) is 0 Å². The standard InChI is InChI=1S/C20H38N2/c1-15(2)9-10-21-11-18-13-22(14-19(18)12-21)20-7-5-17(6-8-20)16(3)4/h15-20H,5-14H2,1-4H3/t17?,18-,19-,20?/m0/s1. The first-order chi connectivity index (χ1) is 10.5. The van der Waals surface area contributed by atoms with Gasteiger partial charge in [-0.3, -0.25) is 4.90 Å². The van der Waals surface area contributed by atoms with Gasteiger partial charge in [-0.2, -0.15) is 0 Å². The van der Waals surface area contributed by atoms with E-state index in [1.54, 1.807) is 0 Å². The molecular formula is C20H38N2. The van der Waals surface area contributed by atoms with E-state index in [1.165, 1.54) is 64.8 Å². The number of hydrogen-bond donors (Lipinski definition) is 0. The van der Waals surface area contributed by atoms with Gasteiger partial charge in [0.2, 0.25) is 0 Å². The van der Waals surface area contributed by atoms with Crippen molar-refractivity contribution in [3.63, 3.8) is 0 Å². The van der Waals surface area contributed by atoms with E-state index in [0.717, 1.165) is 35.6 Å². The lowest BCUT2D eigenvalue weighted by Gasteiger charge is -2.36. The van der Waals surface area contributed by atoms with E-state index in [2.05, 4.69) is 37.5 Å². The van der Waals surface area contributed by atoms with E-state index in [4.69, 9.17) is 0 Å². The molecule has 0 aromatic heterocycles. The lowest BCUT2D eigenvalue weighted by atomic mass is 9.79. The summed E-state index contributed by atoms with van der Waals surface area (Å²) < 4.78 is 0. The van der Waals surface area contributed by atoms with Crippen molar-refractivity contribution in [1.29, 1.82) is 0 Å². The van der Waals surface area contributed by atoms with E-state index in [9.17, 15) is 0 Å². The Balaban J connectivity index is 1.42. The van der Waals surface area contributed by atoms with Gasteiger partial charge in [0, 0.05) is 32.2 Å². The minimum absolute atomic E-state index is 0.855. The van der Waals surface area contributed by atoms with Crippen molar-refractivity contribution >= 4 is 0 Å². The lowest BCUT2D eigenvalue weighted by Crippen LogP contribution is -2.39. The van der Waals surface area contributed by atoms with Crippen LogP contribution in [0.1, 0.15) is 59.8 Å². The average Bonchev–Trinajstić information content (AvgIpc) is 3.03. The van der Waals surface area contributed by atoms with Gasteiger partial charge < -0.3 is 4.90 Å². The van der Waals surface area contributed by atoms with Crippen LogP contribution in [0.3, 0.4) is 0 Å². The summed E-state index contributed by atoms with van der Waals surface area (Å²) in [5.74, 6) is 4.72. The van der Waals surface area contributed by atoms with Gasteiger partial charge in [-0.05, 0) is 68.2 Å². The van der Waals surface area contributed by atoms with Crippen LogP contribution in [-0.2, 0) is 0 Å². The normalized spacial score (nSPS) is 37.4. The Hall–Kier alpha value is -0.0800. The van der Waals surface area contributed by atoms with Gasteiger partial charge in [0.05, 0.1) is 0 Å². The molecule has 2 heteroatoms. The Bertz CT molecular complexity index is 330. The molecule has 3 aliphatic rings. The van der Waals surface area contributed by atoms with Gasteiger partial charge in [0.15, 0.2) is 0 Å². The Morgan fingerprint density at radius 1 is 0.818 bits per heavy atom. The molecule has 2 atom stereocenters. The third-order valence-corrected chi connectivity index (χ3v) is 6.81. The smallest absolute Gasteiger partial charge is 0.00957 e. The average molecular weight is 307 g/mol. The molecule has 128 valence electrons. The van der Waals surface area contributed by atoms with Crippen LogP contribution in [-0.4, -0.2) is 48.6 Å². The quantitative estimate of drug-likeness (QED) is 0.754. The van der Waals surface area contributed by atoms with E-state index in [0.29, 0.717) is 0 Å². The largest absolute Gasteiger partial charge is 0.303 e. The molecular weight excluding hydrogens is 268 g/mol. The van der Waals surface area contributed by atoms with Gasteiger partial charge in [-0.15, -0.1) is 0 Å². The highest BCUT2D eigenvalue weighted by molar-refractivity contribution is 4.96. The fourth-order valence-corrected chi connectivity index (χ4v) is 5.18. The maximum atomic E-state index is 2.88. The Kier molecular flexibility index (Phi) is 5.50. The van der Waals surface area contributed by atoms with Gasteiger partial charge in [-0.1, -0.05) is 27.7 Å². The van der Waals surface area contributed by atoms with Crippen molar-refractivity contribution in [2.24, 2.45) is 29.6 Å². The minimum atomic E-state index is 0.855. The highest BCUT2D eigenvalue weighted by atomic mass is 15.2. The maximum Gasteiger partial charge on any atom is 0.00957 e. The summed E-state index contributed by atoms with van der Waals surface area (Å²) in [7, 11) is 0. The van der Waals surface area contributed by atoms with Crippen molar-refractivity contribution in [2.75, 3.05) is 32.7 Å². The first-order valence-electron chi connectivity index (χ1n) is 9.99. The number of nitrogens with zero attached hydrogens (tertiary/aromatic N) is 2. The number of fused-ring (bicyclic) bond motifs is 1. The summed E-state index contributed by atoms with van der Waals surface area (Å²) in [6.45, 7) is 16.4. The molecule has 0 spiro atoms. The van der Waals surface area contributed by atoms with E-state index in [1.807, 2.05) is 0 Å². The molecule has 0 radical (unpaired) electrons. The van der Waals surface area contributed by atoms with Crippen LogP contribution in [0.15, 0.2) is 0 Å². The summed E-state index contributed by atoms with van der Waals surface area (Å²) in [4.78, 5) is 5.63. The second-order valence-corrected chi connectivity index (χ2v) is 9.23. The first-order valence-corrected chi connectivity index (χ1v) is 9.99. The zero-order chi connectivity index (χ0) is 15.7. The number of likely N-dealkylation sites (tertiary alicyclic amines) is 2. The molecule has 2 nitrogen and oxygen atoms in total. The van der Waals surface area contributed by atoms with Crippen LogP contribution in [0.25, 0.3) is 0 Å². The number of hydrogen-bond acceptors (Lipinski definition) is 2. The molecule has 2 saturated heterocycles.